The van der Waals surface area contributed by atoms with Crippen LogP contribution >= 0.6 is 0 Å². The van der Waals surface area contributed by atoms with E-state index in [1.807, 2.05) is 16.9 Å². The van der Waals surface area contributed by atoms with E-state index in [0.29, 0.717) is 19.0 Å². The average molecular weight is 335 g/mol. The molecule has 25 heavy (non-hydrogen) atoms. The molecule has 0 bridgehead atoms. The van der Waals surface area contributed by atoms with Crippen LogP contribution in [0, 0.1) is 6.92 Å². The Balaban J connectivity index is 1.54. The first-order valence-corrected chi connectivity index (χ1v) is 9.04. The van der Waals surface area contributed by atoms with Crippen LogP contribution in [0.5, 0.6) is 0 Å². The lowest BCUT2D eigenvalue weighted by molar-refractivity contribution is 0.326. The summed E-state index contributed by atoms with van der Waals surface area (Å²) in [7, 11) is 0. The molecule has 0 aliphatic carbocycles. The van der Waals surface area contributed by atoms with Crippen LogP contribution in [0.15, 0.2) is 42.6 Å². The first-order chi connectivity index (χ1) is 12.2. The highest BCUT2D eigenvalue weighted by atomic mass is 15.3. The average Bonchev–Trinajstić information content (AvgIpc) is 3.20. The van der Waals surface area contributed by atoms with Gasteiger partial charge in [0.15, 0.2) is 5.65 Å². The van der Waals surface area contributed by atoms with Crippen molar-refractivity contribution in [3.63, 3.8) is 0 Å². The van der Waals surface area contributed by atoms with Crippen molar-refractivity contribution < 1.29 is 0 Å². The minimum atomic E-state index is 0.468. The largest absolute Gasteiger partial charge is 0.329 e. The predicted octanol–water partition coefficient (Wildman–Crippen LogP) is 2.69. The van der Waals surface area contributed by atoms with Crippen molar-refractivity contribution >= 4 is 11.0 Å². The van der Waals surface area contributed by atoms with Gasteiger partial charge in [0, 0.05) is 37.1 Å². The van der Waals surface area contributed by atoms with Gasteiger partial charge in [-0.25, -0.2) is 9.67 Å². The lowest BCUT2D eigenvalue weighted by Crippen LogP contribution is -2.20. The Kier molecular flexibility index (Phi) is 4.51. The molecule has 3 aromatic rings. The summed E-state index contributed by atoms with van der Waals surface area (Å²) < 4.78 is 1.97. The third kappa shape index (κ3) is 3.30. The number of rotatable bonds is 5. The van der Waals surface area contributed by atoms with Gasteiger partial charge in [-0.15, -0.1) is 0 Å². The second-order valence-corrected chi connectivity index (χ2v) is 6.98. The standard InChI is InChI=1S/C20H25N5/c1-15-4-2-5-16(12-15)13-24-10-7-17(14-24)19-18-6-3-9-22-20(18)25(23-19)11-8-21/h2-6,9,12,17H,7-8,10-11,13-14,21H2,1H3/t17-/m0/s1. The minimum Gasteiger partial charge on any atom is -0.329 e. The van der Waals surface area contributed by atoms with Gasteiger partial charge in [-0.1, -0.05) is 29.8 Å². The number of nitrogens with two attached hydrogens (primary N) is 1. The van der Waals surface area contributed by atoms with Crippen molar-refractivity contribution in [2.75, 3.05) is 19.6 Å². The Labute approximate surface area is 148 Å². The van der Waals surface area contributed by atoms with Crippen LogP contribution in [0.25, 0.3) is 11.0 Å². The number of nitrogens with zero attached hydrogens (tertiary/aromatic N) is 4. The van der Waals surface area contributed by atoms with Crippen LogP contribution in [0.2, 0.25) is 0 Å². The third-order valence-corrected chi connectivity index (χ3v) is 5.02. The molecular weight excluding hydrogens is 310 g/mol. The molecule has 0 spiro atoms. The van der Waals surface area contributed by atoms with Gasteiger partial charge in [0.2, 0.25) is 0 Å². The number of pyridine rings is 1. The summed E-state index contributed by atoms with van der Waals surface area (Å²) in [4.78, 5) is 7.05. The number of aryl methyl sites for hydroxylation is 1. The number of hydrogen-bond acceptors (Lipinski definition) is 4. The molecule has 1 fully saturated rings. The number of hydrogen-bond donors (Lipinski definition) is 1. The highest BCUT2D eigenvalue weighted by Crippen LogP contribution is 2.31. The van der Waals surface area contributed by atoms with Gasteiger partial charge in [0.25, 0.3) is 0 Å². The molecule has 0 unspecified atom stereocenters. The van der Waals surface area contributed by atoms with Gasteiger partial charge in [0.1, 0.15) is 0 Å². The Morgan fingerprint density at radius 1 is 1.24 bits per heavy atom. The Bertz CT molecular complexity index is 869. The molecule has 5 heteroatoms. The summed E-state index contributed by atoms with van der Waals surface area (Å²) in [6.07, 6.45) is 2.98. The van der Waals surface area contributed by atoms with Crippen molar-refractivity contribution in [1.29, 1.82) is 0 Å². The van der Waals surface area contributed by atoms with E-state index in [4.69, 9.17) is 10.8 Å². The van der Waals surface area contributed by atoms with E-state index in [1.165, 1.54) is 22.2 Å². The van der Waals surface area contributed by atoms with Gasteiger partial charge >= 0.3 is 0 Å². The van der Waals surface area contributed by atoms with Crippen molar-refractivity contribution in [2.24, 2.45) is 5.73 Å². The molecule has 3 heterocycles. The molecule has 1 aliphatic rings. The summed E-state index contributed by atoms with van der Waals surface area (Å²) in [5.74, 6) is 0.468. The fourth-order valence-corrected chi connectivity index (χ4v) is 3.88. The Morgan fingerprint density at radius 2 is 2.16 bits per heavy atom. The van der Waals surface area contributed by atoms with Crippen molar-refractivity contribution in [3.8, 4) is 0 Å². The van der Waals surface area contributed by atoms with E-state index in [0.717, 1.165) is 31.7 Å². The molecule has 2 aromatic heterocycles. The summed E-state index contributed by atoms with van der Waals surface area (Å²) in [6.45, 7) is 6.63. The van der Waals surface area contributed by atoms with Crippen LogP contribution in [-0.4, -0.2) is 39.3 Å². The fraction of sp³-hybridized carbons (Fsp3) is 0.400. The molecule has 1 aromatic carbocycles. The normalized spacial score (nSPS) is 18.2. The zero-order valence-corrected chi connectivity index (χ0v) is 14.7. The minimum absolute atomic E-state index is 0.468. The second-order valence-electron chi connectivity index (χ2n) is 6.98. The predicted molar refractivity (Wildman–Crippen MR) is 100 cm³/mol. The number of likely N-dealkylation sites (tertiary alicyclic amines) is 1. The van der Waals surface area contributed by atoms with Gasteiger partial charge < -0.3 is 5.73 Å². The maximum atomic E-state index is 5.74. The van der Waals surface area contributed by atoms with Crippen molar-refractivity contribution in [1.82, 2.24) is 19.7 Å². The molecule has 4 rings (SSSR count). The number of fused-ring (bicyclic) bond motifs is 1. The summed E-state index contributed by atoms with van der Waals surface area (Å²) in [5, 5.41) is 6.04. The monoisotopic (exact) mass is 335 g/mol. The summed E-state index contributed by atoms with van der Waals surface area (Å²) in [5.41, 5.74) is 10.6. The molecule has 0 radical (unpaired) electrons. The quantitative estimate of drug-likeness (QED) is 0.779. The molecule has 1 atom stereocenters. The van der Waals surface area contributed by atoms with Crippen LogP contribution < -0.4 is 5.73 Å². The molecule has 0 saturated carbocycles. The number of aromatic nitrogens is 3. The molecule has 1 saturated heterocycles. The lowest BCUT2D eigenvalue weighted by atomic mass is 10.0. The highest BCUT2D eigenvalue weighted by molar-refractivity contribution is 5.78. The molecule has 130 valence electrons. The van der Waals surface area contributed by atoms with E-state index in [9.17, 15) is 0 Å². The van der Waals surface area contributed by atoms with Gasteiger partial charge in [0.05, 0.1) is 12.2 Å². The van der Waals surface area contributed by atoms with Crippen LogP contribution in [0.1, 0.15) is 29.2 Å². The van der Waals surface area contributed by atoms with E-state index in [-0.39, 0.29) is 0 Å². The van der Waals surface area contributed by atoms with Gasteiger partial charge in [-0.3, -0.25) is 4.90 Å². The zero-order valence-electron chi connectivity index (χ0n) is 14.7. The van der Waals surface area contributed by atoms with E-state index < -0.39 is 0 Å². The maximum absolute atomic E-state index is 5.74. The van der Waals surface area contributed by atoms with E-state index in [1.54, 1.807) is 0 Å². The maximum Gasteiger partial charge on any atom is 0.158 e. The molecule has 0 amide bonds. The Morgan fingerprint density at radius 3 is 3.00 bits per heavy atom. The zero-order chi connectivity index (χ0) is 17.2. The summed E-state index contributed by atoms with van der Waals surface area (Å²) in [6, 6.07) is 12.9. The molecule has 1 aliphatic heterocycles. The first kappa shape index (κ1) is 16.2. The highest BCUT2D eigenvalue weighted by Gasteiger charge is 2.28. The van der Waals surface area contributed by atoms with Gasteiger partial charge in [-0.2, -0.15) is 5.10 Å². The first-order valence-electron chi connectivity index (χ1n) is 9.04. The van der Waals surface area contributed by atoms with E-state index in [2.05, 4.69) is 47.1 Å². The molecular formula is C20H25N5. The topological polar surface area (TPSA) is 60.0 Å². The van der Waals surface area contributed by atoms with Gasteiger partial charge in [-0.05, 0) is 37.6 Å². The summed E-state index contributed by atoms with van der Waals surface area (Å²) >= 11 is 0. The lowest BCUT2D eigenvalue weighted by Gasteiger charge is -2.16. The van der Waals surface area contributed by atoms with E-state index >= 15 is 0 Å². The van der Waals surface area contributed by atoms with Crippen molar-refractivity contribution in [3.05, 3.63) is 59.4 Å². The molecule has 5 nitrogen and oxygen atoms in total. The van der Waals surface area contributed by atoms with Crippen LogP contribution in [0.3, 0.4) is 0 Å². The number of benzene rings is 1. The smallest absolute Gasteiger partial charge is 0.158 e. The van der Waals surface area contributed by atoms with Crippen molar-refractivity contribution in [2.45, 2.75) is 32.4 Å². The Hall–Kier alpha value is -2.24. The fourth-order valence-electron chi connectivity index (χ4n) is 3.88. The second kappa shape index (κ2) is 6.94. The van der Waals surface area contributed by atoms with Crippen LogP contribution in [0.4, 0.5) is 0 Å². The molecule has 2 N–H and O–H groups in total. The van der Waals surface area contributed by atoms with Crippen LogP contribution in [-0.2, 0) is 13.1 Å². The SMILES string of the molecule is Cc1cccc(CN2CC[C@H](c3nn(CCN)c4ncccc34)C2)c1. The third-order valence-electron chi connectivity index (χ3n) is 5.02.